The van der Waals surface area contributed by atoms with Crippen LogP contribution in [0.3, 0.4) is 0 Å². The lowest BCUT2D eigenvalue weighted by molar-refractivity contribution is 0.0691. The van der Waals surface area contributed by atoms with Gasteiger partial charge in [0, 0.05) is 19.7 Å². The molecule has 2 aromatic heterocycles. The van der Waals surface area contributed by atoms with Crippen LogP contribution < -0.4 is 4.90 Å². The summed E-state index contributed by atoms with van der Waals surface area (Å²) in [4.78, 5) is 18.7. The number of fused-ring (bicyclic) bond motifs is 1. The molecule has 0 amide bonds. The zero-order valence-electron chi connectivity index (χ0n) is 18.3. The van der Waals surface area contributed by atoms with E-state index in [9.17, 15) is 14.3 Å². The fourth-order valence-electron chi connectivity index (χ4n) is 4.91. The van der Waals surface area contributed by atoms with E-state index < -0.39 is 5.97 Å². The molecule has 32 heavy (non-hydrogen) atoms. The molecular weight excluding hydrogens is 411 g/mol. The maximum atomic E-state index is 13.5. The Labute approximate surface area is 185 Å². The maximum absolute atomic E-state index is 13.5. The summed E-state index contributed by atoms with van der Waals surface area (Å²) >= 11 is 0. The number of ether oxygens (including phenoxy) is 1. The minimum atomic E-state index is -1.08. The number of nitrogens with zero attached hydrogens (tertiary/aromatic N) is 4. The number of carbonyl (C=O) groups is 1. The van der Waals surface area contributed by atoms with Gasteiger partial charge >= 0.3 is 5.97 Å². The Morgan fingerprint density at radius 2 is 1.91 bits per heavy atom. The summed E-state index contributed by atoms with van der Waals surface area (Å²) in [6, 6.07) is 7.68. The van der Waals surface area contributed by atoms with Crippen LogP contribution in [0.25, 0.3) is 16.7 Å². The standard InChI is InChI=1S/C24H27FN4O3/c1-15(2)21-20-19(28-10-7-24(8-11-28)9-12-32-14-24)13-18(23(30)31)26-22(20)29(27-21)17-5-3-16(25)4-6-17/h3-6,13,15H,7-12,14H2,1-2H3,(H,30,31). The zero-order valence-corrected chi connectivity index (χ0v) is 18.3. The first-order valence-electron chi connectivity index (χ1n) is 11.1. The quantitative estimate of drug-likeness (QED) is 0.651. The summed E-state index contributed by atoms with van der Waals surface area (Å²) in [6.45, 7) is 7.43. The van der Waals surface area contributed by atoms with E-state index in [1.165, 1.54) is 12.1 Å². The summed E-state index contributed by atoms with van der Waals surface area (Å²) in [6.07, 6.45) is 3.12. The van der Waals surface area contributed by atoms with E-state index in [4.69, 9.17) is 9.84 Å². The molecule has 0 radical (unpaired) electrons. The van der Waals surface area contributed by atoms with Gasteiger partial charge in [0.25, 0.3) is 0 Å². The Kier molecular flexibility index (Phi) is 5.12. The average molecular weight is 439 g/mol. The van der Waals surface area contributed by atoms with Crippen LogP contribution in [0.4, 0.5) is 10.1 Å². The summed E-state index contributed by atoms with van der Waals surface area (Å²) in [5.74, 6) is -1.31. The van der Waals surface area contributed by atoms with Crippen molar-refractivity contribution in [2.75, 3.05) is 31.2 Å². The molecule has 0 bridgehead atoms. The number of halogens is 1. The van der Waals surface area contributed by atoms with E-state index in [1.807, 2.05) is 0 Å². The molecule has 1 aromatic carbocycles. The van der Waals surface area contributed by atoms with Gasteiger partial charge < -0.3 is 14.7 Å². The first-order chi connectivity index (χ1) is 15.4. The van der Waals surface area contributed by atoms with Gasteiger partial charge in [-0.1, -0.05) is 13.8 Å². The van der Waals surface area contributed by atoms with Crippen LogP contribution in [0.2, 0.25) is 0 Å². The van der Waals surface area contributed by atoms with Crippen molar-refractivity contribution in [2.24, 2.45) is 5.41 Å². The number of hydrogen-bond donors (Lipinski definition) is 1. The van der Waals surface area contributed by atoms with Crippen molar-refractivity contribution in [1.82, 2.24) is 14.8 Å². The molecule has 168 valence electrons. The summed E-state index contributed by atoms with van der Waals surface area (Å²) in [5.41, 5.74) is 3.07. The molecule has 2 aliphatic rings. The van der Waals surface area contributed by atoms with Crippen molar-refractivity contribution in [3.05, 3.63) is 47.5 Å². The highest BCUT2D eigenvalue weighted by Gasteiger charge is 2.39. The molecule has 2 fully saturated rings. The van der Waals surface area contributed by atoms with Crippen molar-refractivity contribution < 1.29 is 19.0 Å². The lowest BCUT2D eigenvalue weighted by atomic mass is 9.78. The first kappa shape index (κ1) is 20.9. The predicted molar refractivity (Wildman–Crippen MR) is 119 cm³/mol. The molecule has 1 N–H and O–H groups in total. The van der Waals surface area contributed by atoms with Crippen LogP contribution in [-0.4, -0.2) is 52.1 Å². The molecule has 7 nitrogen and oxygen atoms in total. The lowest BCUT2D eigenvalue weighted by Crippen LogP contribution is -2.40. The van der Waals surface area contributed by atoms with Gasteiger partial charge in [-0.25, -0.2) is 18.9 Å². The third-order valence-corrected chi connectivity index (χ3v) is 6.83. The van der Waals surface area contributed by atoms with Crippen LogP contribution in [0.15, 0.2) is 30.3 Å². The maximum Gasteiger partial charge on any atom is 0.354 e. The van der Waals surface area contributed by atoms with Gasteiger partial charge in [-0.3, -0.25) is 0 Å². The fraction of sp³-hybridized carbons (Fsp3) is 0.458. The monoisotopic (exact) mass is 438 g/mol. The Morgan fingerprint density at radius 1 is 1.19 bits per heavy atom. The number of anilines is 1. The smallest absolute Gasteiger partial charge is 0.354 e. The number of aromatic carboxylic acids is 1. The zero-order chi connectivity index (χ0) is 22.5. The Bertz CT molecular complexity index is 1160. The summed E-state index contributed by atoms with van der Waals surface area (Å²) < 4.78 is 20.8. The highest BCUT2D eigenvalue weighted by Crippen LogP contribution is 2.42. The molecule has 3 aromatic rings. The second-order valence-electron chi connectivity index (χ2n) is 9.25. The minimum Gasteiger partial charge on any atom is -0.477 e. The molecular formula is C24H27FN4O3. The fourth-order valence-corrected chi connectivity index (χ4v) is 4.91. The minimum absolute atomic E-state index is 0.0180. The number of aromatic nitrogens is 3. The Morgan fingerprint density at radius 3 is 2.50 bits per heavy atom. The van der Waals surface area contributed by atoms with E-state index in [2.05, 4.69) is 23.7 Å². The van der Waals surface area contributed by atoms with E-state index in [-0.39, 0.29) is 22.8 Å². The molecule has 4 heterocycles. The highest BCUT2D eigenvalue weighted by molar-refractivity contribution is 5.98. The van der Waals surface area contributed by atoms with Crippen molar-refractivity contribution >= 4 is 22.7 Å². The van der Waals surface area contributed by atoms with E-state index in [0.717, 1.165) is 62.3 Å². The number of benzene rings is 1. The molecule has 0 saturated carbocycles. The third kappa shape index (κ3) is 3.52. The SMILES string of the molecule is CC(C)c1nn(-c2ccc(F)cc2)c2nc(C(=O)O)cc(N3CCC4(CCOC4)CC3)c12. The predicted octanol–water partition coefficient (Wildman–Crippen LogP) is 4.39. The molecule has 0 aliphatic carbocycles. The lowest BCUT2D eigenvalue weighted by Gasteiger charge is -2.39. The van der Waals surface area contributed by atoms with Crippen molar-refractivity contribution in [3.63, 3.8) is 0 Å². The molecule has 0 unspecified atom stereocenters. The van der Waals surface area contributed by atoms with Crippen LogP contribution in [-0.2, 0) is 4.74 Å². The molecule has 0 atom stereocenters. The third-order valence-electron chi connectivity index (χ3n) is 6.83. The number of carboxylic acid groups (broad SMARTS) is 1. The van der Waals surface area contributed by atoms with Gasteiger partial charge in [0.2, 0.25) is 0 Å². The molecule has 8 heteroatoms. The van der Waals surface area contributed by atoms with E-state index in [0.29, 0.717) is 11.3 Å². The summed E-state index contributed by atoms with van der Waals surface area (Å²) in [7, 11) is 0. The van der Waals surface area contributed by atoms with Crippen molar-refractivity contribution in [2.45, 2.75) is 39.0 Å². The molecule has 2 aliphatic heterocycles. The topological polar surface area (TPSA) is 80.5 Å². The highest BCUT2D eigenvalue weighted by atomic mass is 19.1. The number of pyridine rings is 1. The molecule has 5 rings (SSSR count). The van der Waals surface area contributed by atoms with Crippen LogP contribution >= 0.6 is 0 Å². The summed E-state index contributed by atoms with van der Waals surface area (Å²) in [5, 5.41) is 15.4. The van der Waals surface area contributed by atoms with Crippen LogP contribution in [0.1, 0.15) is 55.2 Å². The van der Waals surface area contributed by atoms with Gasteiger partial charge in [0.15, 0.2) is 11.3 Å². The number of hydrogen-bond acceptors (Lipinski definition) is 5. The number of rotatable bonds is 4. The Hall–Kier alpha value is -3.00. The van der Waals surface area contributed by atoms with E-state index in [1.54, 1.807) is 22.9 Å². The van der Waals surface area contributed by atoms with Gasteiger partial charge in [-0.05, 0) is 60.9 Å². The van der Waals surface area contributed by atoms with Crippen LogP contribution in [0.5, 0.6) is 0 Å². The van der Waals surface area contributed by atoms with Crippen molar-refractivity contribution in [3.8, 4) is 5.69 Å². The number of piperidine rings is 1. The Balaban J connectivity index is 1.66. The molecule has 1 spiro atoms. The van der Waals surface area contributed by atoms with Gasteiger partial charge in [0.05, 0.1) is 29.1 Å². The largest absolute Gasteiger partial charge is 0.477 e. The molecule has 2 saturated heterocycles. The van der Waals surface area contributed by atoms with Gasteiger partial charge in [-0.15, -0.1) is 0 Å². The number of carboxylic acids is 1. The average Bonchev–Trinajstić information content (AvgIpc) is 3.39. The normalized spacial score (nSPS) is 18.2. The first-order valence-corrected chi connectivity index (χ1v) is 11.1. The second-order valence-corrected chi connectivity index (χ2v) is 9.25. The van der Waals surface area contributed by atoms with Crippen LogP contribution in [0, 0.1) is 11.2 Å². The van der Waals surface area contributed by atoms with Crippen molar-refractivity contribution in [1.29, 1.82) is 0 Å². The second kappa shape index (κ2) is 7.85. The van der Waals surface area contributed by atoms with Gasteiger partial charge in [-0.2, -0.15) is 5.10 Å². The van der Waals surface area contributed by atoms with Gasteiger partial charge in [0.1, 0.15) is 5.82 Å². The van der Waals surface area contributed by atoms with E-state index >= 15 is 0 Å².